The van der Waals surface area contributed by atoms with Crippen LogP contribution in [0.1, 0.15) is 19.8 Å². The fraction of sp³-hybridized carbons (Fsp3) is 1.00. The zero-order valence-electron chi connectivity index (χ0n) is 9.75. The normalized spacial score (nSPS) is 26.4. The average Bonchev–Trinajstić information content (AvgIpc) is 2.19. The smallest absolute Gasteiger partial charge is 0.0615 e. The molecule has 1 rings (SSSR count). The molecule has 0 spiro atoms. The molecular formula is C11H24N2O. The van der Waals surface area contributed by atoms with Crippen LogP contribution < -0.4 is 5.32 Å². The number of methoxy groups -OCH3 is 1. The minimum absolute atomic E-state index is 0.569. The highest BCUT2D eigenvalue weighted by molar-refractivity contribution is 4.77. The van der Waals surface area contributed by atoms with Gasteiger partial charge in [0.1, 0.15) is 0 Å². The van der Waals surface area contributed by atoms with Gasteiger partial charge in [0.15, 0.2) is 0 Å². The van der Waals surface area contributed by atoms with E-state index in [0.29, 0.717) is 6.04 Å². The molecule has 1 N–H and O–H groups in total. The van der Waals surface area contributed by atoms with E-state index in [9.17, 15) is 0 Å². The maximum atomic E-state index is 5.19. The number of piperidine rings is 1. The summed E-state index contributed by atoms with van der Waals surface area (Å²) in [6.45, 7) is 6.73. The lowest BCUT2D eigenvalue weighted by molar-refractivity contribution is 0.0684. The van der Waals surface area contributed by atoms with Crippen LogP contribution in [0, 0.1) is 5.92 Å². The number of nitrogens with zero attached hydrogens (tertiary/aromatic N) is 1. The van der Waals surface area contributed by atoms with Crippen LogP contribution in [0.5, 0.6) is 0 Å². The summed E-state index contributed by atoms with van der Waals surface area (Å²) in [6.07, 6.45) is 2.71. The van der Waals surface area contributed by atoms with Gasteiger partial charge in [-0.05, 0) is 45.8 Å². The molecule has 14 heavy (non-hydrogen) atoms. The lowest BCUT2D eigenvalue weighted by Crippen LogP contribution is -2.45. The first-order chi connectivity index (χ1) is 6.77. The Bertz CT molecular complexity index is 146. The standard InChI is InChI=1S/C11H24N2O/c1-10(9-14-3)13-6-4-5-11(8-13)7-12-2/h10-12H,4-9H2,1-3H3. The molecule has 84 valence electrons. The van der Waals surface area contributed by atoms with E-state index in [4.69, 9.17) is 4.74 Å². The predicted molar refractivity (Wildman–Crippen MR) is 59.6 cm³/mol. The molecule has 0 radical (unpaired) electrons. The van der Waals surface area contributed by atoms with Gasteiger partial charge >= 0.3 is 0 Å². The van der Waals surface area contributed by atoms with Gasteiger partial charge in [0.05, 0.1) is 6.61 Å². The molecule has 0 amide bonds. The zero-order chi connectivity index (χ0) is 10.4. The second kappa shape index (κ2) is 6.38. The topological polar surface area (TPSA) is 24.5 Å². The quantitative estimate of drug-likeness (QED) is 0.715. The van der Waals surface area contributed by atoms with Gasteiger partial charge in [0.25, 0.3) is 0 Å². The highest BCUT2D eigenvalue weighted by Gasteiger charge is 2.22. The summed E-state index contributed by atoms with van der Waals surface area (Å²) < 4.78 is 5.19. The molecule has 1 aliphatic rings. The fourth-order valence-electron chi connectivity index (χ4n) is 2.30. The third kappa shape index (κ3) is 3.56. The molecule has 0 saturated carbocycles. The Morgan fingerprint density at radius 3 is 3.00 bits per heavy atom. The number of rotatable bonds is 5. The number of nitrogens with one attached hydrogen (secondary N) is 1. The Morgan fingerprint density at radius 2 is 2.36 bits per heavy atom. The first-order valence-electron chi connectivity index (χ1n) is 5.65. The Kier molecular flexibility index (Phi) is 5.45. The zero-order valence-corrected chi connectivity index (χ0v) is 9.75. The molecule has 2 unspecified atom stereocenters. The van der Waals surface area contributed by atoms with Crippen molar-refractivity contribution in [2.24, 2.45) is 5.92 Å². The van der Waals surface area contributed by atoms with E-state index >= 15 is 0 Å². The lowest BCUT2D eigenvalue weighted by Gasteiger charge is -2.36. The molecule has 0 aromatic heterocycles. The van der Waals surface area contributed by atoms with E-state index in [1.54, 1.807) is 7.11 Å². The number of likely N-dealkylation sites (tertiary alicyclic amines) is 1. The minimum Gasteiger partial charge on any atom is -0.383 e. The summed E-state index contributed by atoms with van der Waals surface area (Å²) in [5.74, 6) is 0.827. The lowest BCUT2D eigenvalue weighted by atomic mass is 9.97. The molecule has 1 fully saturated rings. The number of hydrogen-bond donors (Lipinski definition) is 1. The van der Waals surface area contributed by atoms with Crippen molar-refractivity contribution in [2.75, 3.05) is 40.4 Å². The van der Waals surface area contributed by atoms with Crippen LogP contribution in [0.2, 0.25) is 0 Å². The number of ether oxygens (including phenoxy) is 1. The Labute approximate surface area is 87.8 Å². The number of hydrogen-bond acceptors (Lipinski definition) is 3. The van der Waals surface area contributed by atoms with Gasteiger partial charge in [0, 0.05) is 19.7 Å². The molecule has 3 nitrogen and oxygen atoms in total. The molecule has 1 heterocycles. The molecule has 1 aliphatic heterocycles. The minimum atomic E-state index is 0.569. The Morgan fingerprint density at radius 1 is 1.57 bits per heavy atom. The van der Waals surface area contributed by atoms with E-state index in [1.807, 2.05) is 7.05 Å². The SMILES string of the molecule is CNCC1CCCN(C(C)COC)C1. The van der Waals surface area contributed by atoms with Gasteiger partial charge in [-0.25, -0.2) is 0 Å². The summed E-state index contributed by atoms with van der Waals surface area (Å²) in [5.41, 5.74) is 0. The summed E-state index contributed by atoms with van der Waals surface area (Å²) in [4.78, 5) is 2.55. The highest BCUT2D eigenvalue weighted by atomic mass is 16.5. The first kappa shape index (κ1) is 12.0. The van der Waals surface area contributed by atoms with Crippen molar-refractivity contribution < 1.29 is 4.74 Å². The van der Waals surface area contributed by atoms with E-state index < -0.39 is 0 Å². The van der Waals surface area contributed by atoms with Crippen molar-refractivity contribution in [3.63, 3.8) is 0 Å². The largest absolute Gasteiger partial charge is 0.383 e. The summed E-state index contributed by atoms with van der Waals surface area (Å²) in [7, 11) is 3.82. The molecule has 0 bridgehead atoms. The second-order valence-corrected chi connectivity index (χ2v) is 4.37. The molecular weight excluding hydrogens is 176 g/mol. The highest BCUT2D eigenvalue weighted by Crippen LogP contribution is 2.17. The van der Waals surface area contributed by atoms with Gasteiger partial charge in [-0.1, -0.05) is 0 Å². The third-order valence-corrected chi connectivity index (χ3v) is 3.07. The molecule has 2 atom stereocenters. The molecule has 0 aliphatic carbocycles. The van der Waals surface area contributed by atoms with E-state index in [-0.39, 0.29) is 0 Å². The summed E-state index contributed by atoms with van der Waals surface area (Å²) in [6, 6.07) is 0.569. The van der Waals surface area contributed by atoms with Crippen molar-refractivity contribution >= 4 is 0 Å². The maximum Gasteiger partial charge on any atom is 0.0615 e. The van der Waals surface area contributed by atoms with Crippen molar-refractivity contribution in [2.45, 2.75) is 25.8 Å². The Hall–Kier alpha value is -0.120. The van der Waals surface area contributed by atoms with Crippen LogP contribution in [0.15, 0.2) is 0 Å². The van der Waals surface area contributed by atoms with E-state index in [2.05, 4.69) is 17.1 Å². The second-order valence-electron chi connectivity index (χ2n) is 4.37. The van der Waals surface area contributed by atoms with E-state index in [0.717, 1.165) is 19.1 Å². The van der Waals surface area contributed by atoms with Crippen LogP contribution in [-0.2, 0) is 4.74 Å². The molecule has 3 heteroatoms. The van der Waals surface area contributed by atoms with Crippen molar-refractivity contribution in [1.29, 1.82) is 0 Å². The Balaban J connectivity index is 2.31. The monoisotopic (exact) mass is 200 g/mol. The van der Waals surface area contributed by atoms with Gasteiger partial charge < -0.3 is 10.1 Å². The van der Waals surface area contributed by atoms with Gasteiger partial charge in [0.2, 0.25) is 0 Å². The maximum absolute atomic E-state index is 5.19. The van der Waals surface area contributed by atoms with Crippen LogP contribution in [0.4, 0.5) is 0 Å². The third-order valence-electron chi connectivity index (χ3n) is 3.07. The van der Waals surface area contributed by atoms with Crippen LogP contribution in [-0.4, -0.2) is 51.3 Å². The summed E-state index contributed by atoms with van der Waals surface area (Å²) >= 11 is 0. The predicted octanol–water partition coefficient (Wildman–Crippen LogP) is 0.953. The van der Waals surface area contributed by atoms with Crippen molar-refractivity contribution in [3.8, 4) is 0 Å². The molecule has 0 aromatic rings. The van der Waals surface area contributed by atoms with Crippen molar-refractivity contribution in [3.05, 3.63) is 0 Å². The van der Waals surface area contributed by atoms with Crippen LogP contribution in [0.3, 0.4) is 0 Å². The van der Waals surface area contributed by atoms with Gasteiger partial charge in [-0.15, -0.1) is 0 Å². The van der Waals surface area contributed by atoms with Gasteiger partial charge in [-0.3, -0.25) is 4.90 Å². The fourth-order valence-corrected chi connectivity index (χ4v) is 2.30. The molecule has 1 saturated heterocycles. The average molecular weight is 200 g/mol. The first-order valence-corrected chi connectivity index (χ1v) is 5.65. The molecule has 0 aromatic carbocycles. The van der Waals surface area contributed by atoms with E-state index in [1.165, 1.54) is 25.9 Å². The van der Waals surface area contributed by atoms with Gasteiger partial charge in [-0.2, -0.15) is 0 Å². The van der Waals surface area contributed by atoms with Crippen LogP contribution >= 0.6 is 0 Å². The van der Waals surface area contributed by atoms with Crippen molar-refractivity contribution in [1.82, 2.24) is 10.2 Å². The summed E-state index contributed by atoms with van der Waals surface area (Å²) in [5, 5.41) is 3.27. The van der Waals surface area contributed by atoms with Crippen LogP contribution in [0.25, 0.3) is 0 Å².